The smallest absolute Gasteiger partial charge is 0.369 e. The van der Waals surface area contributed by atoms with Crippen molar-refractivity contribution < 1.29 is 24.0 Å². The highest BCUT2D eigenvalue weighted by molar-refractivity contribution is 5.97. The first kappa shape index (κ1) is 60.0. The van der Waals surface area contributed by atoms with Gasteiger partial charge in [-0.3, -0.25) is 4.79 Å². The largest absolute Gasteiger partial charge is 0.373 e. The number of aromatic nitrogens is 2. The number of carbonyl (C=O) groups excluding carboxylic acids is 5. The first-order valence-electron chi connectivity index (χ1n) is 32.7. The number of piperidine rings is 2. The fraction of sp³-hybridized carbons (Fsp3) is 0.569. The minimum absolute atomic E-state index is 0.250. The number of ketones is 1. The number of fused-ring (bicyclic) bond motifs is 10. The average molecular weight is 1120 g/mol. The Morgan fingerprint density at radius 2 is 0.892 bits per heavy atom. The molecule has 83 heavy (non-hydrogen) atoms. The van der Waals surface area contributed by atoms with Crippen LogP contribution in [0.5, 0.6) is 0 Å². The zero-order valence-corrected chi connectivity index (χ0v) is 50.3. The van der Waals surface area contributed by atoms with Crippen LogP contribution < -0.4 is 15.1 Å². The van der Waals surface area contributed by atoms with Crippen LogP contribution in [-0.4, -0.2) is 90.5 Å². The molecule has 6 fully saturated rings. The number of hydrogen-bond donors (Lipinski definition) is 1. The van der Waals surface area contributed by atoms with E-state index in [2.05, 4.69) is 128 Å². The van der Waals surface area contributed by atoms with Gasteiger partial charge >= 0.3 is 12.3 Å². The van der Waals surface area contributed by atoms with E-state index in [0.29, 0.717) is 17.6 Å². The van der Waals surface area contributed by atoms with Gasteiger partial charge in [0.15, 0.2) is 0 Å². The van der Waals surface area contributed by atoms with Gasteiger partial charge in [-0.15, -0.1) is 0 Å². The summed E-state index contributed by atoms with van der Waals surface area (Å²) in [5.74, 6) is 3.63. The van der Waals surface area contributed by atoms with Crippen LogP contribution in [0.15, 0.2) is 84.9 Å². The molecule has 0 unspecified atom stereocenters. The highest BCUT2D eigenvalue weighted by Gasteiger charge is 2.34. The Labute approximate surface area is 494 Å². The standard InChI is InChI=1S/C35H47N3.C30H39N3.C5H8O.2CO2/c1-26-15-16-30-33(25-26)38-24-23-37(22-19-27-17-20-36(21-18-27)29-11-5-6-12-29)32-14-8-7-13-31(32)35(38)34(30)28-9-3-2-4-10-28;1-22-11-12-25-28(21-22)33-20-19-32(18-15-23-13-16-31-17-14-23)27-10-6-5-9-26(27)30(33)29(25)24-7-3-2-4-8-24;6-5-3-1-2-4-5;2*2-1-3/h7-8,13-16,25,27-29H,2-6,9-12,17-24H2,1H3;5-6,9-12,21,23-24,31H,2-4,7-8,13-20H2,1H3;1-4H2;;. The van der Waals surface area contributed by atoms with E-state index in [0.717, 1.165) is 69.7 Å². The first-order valence-corrected chi connectivity index (χ1v) is 32.7. The first-order chi connectivity index (χ1) is 40.8. The molecule has 8 aliphatic rings. The van der Waals surface area contributed by atoms with E-state index in [-0.39, 0.29) is 12.3 Å². The van der Waals surface area contributed by atoms with Gasteiger partial charge in [0.2, 0.25) is 0 Å². The lowest BCUT2D eigenvalue weighted by atomic mass is 9.81. The number of anilines is 2. The topological polar surface area (TPSA) is 117 Å². The molecule has 0 bridgehead atoms. The van der Waals surface area contributed by atoms with Gasteiger partial charge in [0.25, 0.3) is 0 Å². The summed E-state index contributed by atoms with van der Waals surface area (Å²) in [6, 6.07) is 34.0. The number of Topliss-reactive ketones (excluding diaryl/α,β-unsaturated/α-hetero) is 1. The number of carbonyl (C=O) groups is 1. The highest BCUT2D eigenvalue weighted by Crippen LogP contribution is 2.50. The number of hydrogen-bond acceptors (Lipinski definition) is 9. The number of aryl methyl sites for hydroxylation is 2. The predicted molar refractivity (Wildman–Crippen MR) is 335 cm³/mol. The molecule has 0 amide bonds. The number of benzene rings is 4. The zero-order chi connectivity index (χ0) is 57.5. The molecular formula is C72H94N6O5. The van der Waals surface area contributed by atoms with Crippen molar-refractivity contribution >= 4 is 51.3 Å². The Balaban J connectivity index is 0.000000156. The van der Waals surface area contributed by atoms with E-state index >= 15 is 0 Å². The molecule has 11 heteroatoms. The highest BCUT2D eigenvalue weighted by atomic mass is 16.2. The second-order valence-electron chi connectivity index (χ2n) is 25.6. The molecule has 6 heterocycles. The summed E-state index contributed by atoms with van der Waals surface area (Å²) >= 11 is 0. The summed E-state index contributed by atoms with van der Waals surface area (Å²) < 4.78 is 5.40. The van der Waals surface area contributed by atoms with E-state index in [4.69, 9.17) is 19.2 Å². The van der Waals surface area contributed by atoms with E-state index in [1.54, 1.807) is 16.8 Å². The van der Waals surface area contributed by atoms with E-state index < -0.39 is 0 Å². The van der Waals surface area contributed by atoms with Crippen molar-refractivity contribution in [2.45, 2.75) is 199 Å². The monoisotopic (exact) mass is 1120 g/mol. The minimum atomic E-state index is 0.250. The molecule has 442 valence electrons. The number of rotatable bonds is 9. The molecule has 4 aromatic carbocycles. The van der Waals surface area contributed by atoms with Crippen LogP contribution >= 0.6 is 0 Å². The zero-order valence-electron chi connectivity index (χ0n) is 50.3. The summed E-state index contributed by atoms with van der Waals surface area (Å²) in [6.45, 7) is 16.4. The van der Waals surface area contributed by atoms with Crippen LogP contribution in [0, 0.1) is 25.7 Å². The number of likely N-dealkylation sites (tertiary alicyclic amines) is 1. The predicted octanol–water partition coefficient (Wildman–Crippen LogP) is 15.4. The van der Waals surface area contributed by atoms with Gasteiger partial charge in [0, 0.05) is 102 Å². The molecule has 1 N–H and O–H groups in total. The molecule has 4 aliphatic heterocycles. The minimum Gasteiger partial charge on any atom is -0.369 e. The molecule has 14 rings (SSSR count). The Kier molecular flexibility index (Phi) is 21.4. The van der Waals surface area contributed by atoms with Gasteiger partial charge < -0.3 is 29.2 Å². The lowest BCUT2D eigenvalue weighted by Gasteiger charge is -2.37. The Morgan fingerprint density at radius 1 is 0.470 bits per heavy atom. The summed E-state index contributed by atoms with van der Waals surface area (Å²) in [6.07, 6.45) is 32.2. The molecule has 11 nitrogen and oxygen atoms in total. The normalized spacial score (nSPS) is 19.9. The lowest BCUT2D eigenvalue weighted by Crippen LogP contribution is -2.40. The molecule has 2 saturated heterocycles. The van der Waals surface area contributed by atoms with Crippen LogP contribution in [0.25, 0.3) is 44.3 Å². The molecule has 6 aromatic rings. The molecule has 4 saturated carbocycles. The van der Waals surface area contributed by atoms with Crippen LogP contribution in [0.4, 0.5) is 11.4 Å². The van der Waals surface area contributed by atoms with Gasteiger partial charge in [0.05, 0.1) is 11.4 Å². The molecule has 4 aliphatic carbocycles. The number of nitrogens with one attached hydrogen (secondary N) is 1. The van der Waals surface area contributed by atoms with Gasteiger partial charge in [-0.05, 0) is 200 Å². The van der Waals surface area contributed by atoms with Crippen LogP contribution in [0.3, 0.4) is 0 Å². The van der Waals surface area contributed by atoms with Crippen molar-refractivity contribution in [3.63, 3.8) is 0 Å². The fourth-order valence-corrected chi connectivity index (χ4v) is 16.2. The molecular weight excluding hydrogens is 1030 g/mol. The summed E-state index contributed by atoms with van der Waals surface area (Å²) in [7, 11) is 0. The fourth-order valence-electron chi connectivity index (χ4n) is 16.2. The van der Waals surface area contributed by atoms with Crippen LogP contribution in [0.2, 0.25) is 0 Å². The molecule has 0 radical (unpaired) electrons. The Morgan fingerprint density at radius 3 is 1.33 bits per heavy atom. The van der Waals surface area contributed by atoms with Crippen molar-refractivity contribution in [1.82, 2.24) is 19.4 Å². The second-order valence-corrected chi connectivity index (χ2v) is 25.6. The maximum atomic E-state index is 10.2. The van der Waals surface area contributed by atoms with Gasteiger partial charge in [-0.1, -0.05) is 112 Å². The maximum Gasteiger partial charge on any atom is 0.373 e. The lowest BCUT2D eigenvalue weighted by molar-refractivity contribution is -0.193. The second kappa shape index (κ2) is 29.6. The molecule has 0 atom stereocenters. The summed E-state index contributed by atoms with van der Waals surface area (Å²) in [5, 5.41) is 6.57. The van der Waals surface area contributed by atoms with Crippen molar-refractivity contribution in [1.29, 1.82) is 0 Å². The summed E-state index contributed by atoms with van der Waals surface area (Å²) in [4.78, 5) is 51.0. The van der Waals surface area contributed by atoms with Gasteiger partial charge in [-0.25, -0.2) is 0 Å². The number of nitrogens with zero attached hydrogens (tertiary/aromatic N) is 5. The van der Waals surface area contributed by atoms with Crippen LogP contribution in [-0.2, 0) is 37.1 Å². The Hall–Kier alpha value is -6.09. The van der Waals surface area contributed by atoms with E-state index in [9.17, 15) is 4.79 Å². The van der Waals surface area contributed by atoms with Crippen molar-refractivity contribution in [2.24, 2.45) is 11.8 Å². The van der Waals surface area contributed by atoms with Crippen molar-refractivity contribution in [3.05, 3.63) is 107 Å². The molecule has 0 spiro atoms. The third-order valence-corrected chi connectivity index (χ3v) is 20.5. The molecule has 2 aromatic heterocycles. The maximum absolute atomic E-state index is 10.2. The quantitative estimate of drug-likeness (QED) is 0.151. The third-order valence-electron chi connectivity index (χ3n) is 20.5. The van der Waals surface area contributed by atoms with E-state index in [1.807, 2.05) is 0 Å². The SMILES string of the molecule is Cc1ccc2c(C3CCCCC3)c3n(c2c1)CCN(CCC1CCN(C2CCCC2)CC1)c1ccccc1-3.Cc1ccc2c(C3CCCCC3)c3n(c2c1)CCN(CCC1CCNCC1)c1ccccc1-3.O=C1CCCC1.O=C=O.O=C=O. The van der Waals surface area contributed by atoms with Gasteiger partial charge in [-0.2, -0.15) is 19.2 Å². The Bertz CT molecular complexity index is 3130. The van der Waals surface area contributed by atoms with Crippen LogP contribution in [0.1, 0.15) is 188 Å². The number of para-hydroxylation sites is 2. The average Bonchev–Trinajstić information content (AvgIpc) is 2.49. The third kappa shape index (κ3) is 14.4. The summed E-state index contributed by atoms with van der Waals surface area (Å²) in [5.41, 5.74) is 18.0. The van der Waals surface area contributed by atoms with Gasteiger partial charge in [0.1, 0.15) is 5.78 Å². The van der Waals surface area contributed by atoms with Crippen molar-refractivity contribution in [2.75, 3.05) is 62.2 Å². The van der Waals surface area contributed by atoms with Crippen molar-refractivity contribution in [3.8, 4) is 22.5 Å². The van der Waals surface area contributed by atoms with E-state index in [1.165, 1.54) is 229 Å².